The van der Waals surface area contributed by atoms with Crippen molar-refractivity contribution in [2.45, 2.75) is 6.54 Å². The quantitative estimate of drug-likeness (QED) is 0.269. The van der Waals surface area contributed by atoms with Gasteiger partial charge >= 0.3 is 5.97 Å². The normalized spacial score (nSPS) is 15.6. The molecule has 1 fully saturated rings. The fourth-order valence-electron chi connectivity index (χ4n) is 3.36. The number of para-hydroxylation sites is 1. The zero-order chi connectivity index (χ0) is 24.8. The smallest absolute Gasteiger partial charge is 0.341 e. The molecule has 1 saturated heterocycles. The van der Waals surface area contributed by atoms with Crippen LogP contribution in [0.3, 0.4) is 0 Å². The fourth-order valence-corrected chi connectivity index (χ4v) is 5.14. The Bertz CT molecular complexity index is 1300. The number of hydrogen-bond acceptors (Lipinski definition) is 6. The van der Waals surface area contributed by atoms with Crippen molar-refractivity contribution in [2.24, 2.45) is 4.99 Å². The van der Waals surface area contributed by atoms with Gasteiger partial charge in [-0.15, -0.1) is 0 Å². The number of halogens is 1. The lowest BCUT2D eigenvalue weighted by atomic mass is 10.1. The molecule has 7 nitrogen and oxygen atoms in total. The molecule has 3 aromatic carbocycles. The first kappa shape index (κ1) is 24.8. The molecule has 0 atom stereocenters. The van der Waals surface area contributed by atoms with Gasteiger partial charge in [0.1, 0.15) is 0 Å². The Balaban J connectivity index is 1.68. The number of rotatable bonds is 8. The molecule has 1 aliphatic heterocycles. The summed E-state index contributed by atoms with van der Waals surface area (Å²) >= 11 is 3.37. The number of aliphatic carboxylic acids is 1. The molecule has 1 amide bonds. The Kier molecular flexibility index (Phi) is 8.09. The van der Waals surface area contributed by atoms with Gasteiger partial charge in [-0.05, 0) is 75.8 Å². The highest BCUT2D eigenvalue weighted by Crippen LogP contribution is 2.38. The van der Waals surface area contributed by atoms with Crippen LogP contribution in [0.25, 0.3) is 6.08 Å². The molecule has 1 aliphatic rings. The molecule has 35 heavy (non-hydrogen) atoms. The molecule has 1 heterocycles. The van der Waals surface area contributed by atoms with Crippen LogP contribution in [0.15, 0.2) is 82.7 Å². The highest BCUT2D eigenvalue weighted by atomic mass is 127. The van der Waals surface area contributed by atoms with E-state index in [1.807, 2.05) is 66.7 Å². The topological polar surface area (TPSA) is 88.4 Å². The molecule has 178 valence electrons. The summed E-state index contributed by atoms with van der Waals surface area (Å²) in [6.45, 7) is -0.0760. The Morgan fingerprint density at radius 1 is 1.11 bits per heavy atom. The van der Waals surface area contributed by atoms with Crippen molar-refractivity contribution in [3.05, 3.63) is 92.4 Å². The number of carbonyl (C=O) groups is 2. The monoisotopic (exact) mass is 600 g/mol. The van der Waals surface area contributed by atoms with Gasteiger partial charge in [-0.2, -0.15) is 0 Å². The van der Waals surface area contributed by atoms with Gasteiger partial charge in [0, 0.05) is 0 Å². The minimum atomic E-state index is -1.08. The lowest BCUT2D eigenvalue weighted by molar-refractivity contribution is -0.139. The van der Waals surface area contributed by atoms with Crippen LogP contribution in [0, 0.1) is 3.57 Å². The van der Waals surface area contributed by atoms with Crippen LogP contribution >= 0.6 is 34.4 Å². The van der Waals surface area contributed by atoms with E-state index in [4.69, 9.17) is 19.6 Å². The molecule has 0 saturated carbocycles. The number of aliphatic imine (C=N–C) groups is 1. The molecule has 0 radical (unpaired) electrons. The lowest BCUT2D eigenvalue weighted by Gasteiger charge is -2.15. The molecule has 0 aromatic heterocycles. The van der Waals surface area contributed by atoms with Gasteiger partial charge < -0.3 is 14.6 Å². The number of amides is 1. The molecular formula is C26H21IN2O5S. The van der Waals surface area contributed by atoms with Gasteiger partial charge in [0.2, 0.25) is 0 Å². The van der Waals surface area contributed by atoms with Crippen LogP contribution in [0.4, 0.5) is 5.69 Å². The maximum atomic E-state index is 13.4. The van der Waals surface area contributed by atoms with E-state index in [1.165, 1.54) is 18.9 Å². The van der Waals surface area contributed by atoms with Crippen LogP contribution in [-0.4, -0.2) is 40.8 Å². The first-order chi connectivity index (χ1) is 16.9. The Morgan fingerprint density at radius 2 is 1.80 bits per heavy atom. The SMILES string of the molecule is COc1cc(/C=C2/SC(=Nc3ccccc3)N(Cc3ccccc3)C2=O)cc(I)c1OCC(=O)O. The number of thioether (sulfide) groups is 1. The third-order valence-electron chi connectivity index (χ3n) is 4.94. The fraction of sp³-hybridized carbons (Fsp3) is 0.115. The summed E-state index contributed by atoms with van der Waals surface area (Å²) in [5.41, 5.74) is 2.49. The standard InChI is InChI=1S/C26H21IN2O5S/c1-33-21-13-18(12-20(27)24(21)34-16-23(30)31)14-22-25(32)29(15-17-8-4-2-5-9-17)26(35-22)28-19-10-6-3-7-11-19/h2-14H,15-16H2,1H3,(H,30,31)/b22-14+,28-26?. The zero-order valence-corrected chi connectivity index (χ0v) is 21.7. The second-order valence-electron chi connectivity index (χ2n) is 7.43. The van der Waals surface area contributed by atoms with E-state index in [0.29, 0.717) is 31.7 Å². The van der Waals surface area contributed by atoms with E-state index in [-0.39, 0.29) is 5.91 Å². The number of carbonyl (C=O) groups excluding carboxylic acids is 1. The van der Waals surface area contributed by atoms with E-state index in [0.717, 1.165) is 16.8 Å². The maximum absolute atomic E-state index is 13.4. The van der Waals surface area contributed by atoms with Crippen molar-refractivity contribution in [1.82, 2.24) is 4.90 Å². The number of methoxy groups -OCH3 is 1. The third kappa shape index (κ3) is 6.23. The average Bonchev–Trinajstić information content (AvgIpc) is 3.13. The second-order valence-corrected chi connectivity index (χ2v) is 9.61. The van der Waals surface area contributed by atoms with Gasteiger partial charge in [0.15, 0.2) is 23.3 Å². The predicted molar refractivity (Wildman–Crippen MR) is 145 cm³/mol. The molecule has 3 aromatic rings. The minimum absolute atomic E-state index is 0.145. The van der Waals surface area contributed by atoms with E-state index in [2.05, 4.69) is 22.6 Å². The molecule has 0 aliphatic carbocycles. The summed E-state index contributed by atoms with van der Waals surface area (Å²) in [5.74, 6) is -0.487. The van der Waals surface area contributed by atoms with Crippen LogP contribution in [0.2, 0.25) is 0 Å². The Hall–Kier alpha value is -3.31. The van der Waals surface area contributed by atoms with E-state index in [1.54, 1.807) is 17.0 Å². The molecular weight excluding hydrogens is 579 g/mol. The largest absolute Gasteiger partial charge is 0.493 e. The van der Waals surface area contributed by atoms with Crippen molar-refractivity contribution in [3.8, 4) is 11.5 Å². The van der Waals surface area contributed by atoms with Gasteiger partial charge in [-0.3, -0.25) is 9.69 Å². The van der Waals surface area contributed by atoms with Crippen molar-refractivity contribution in [2.75, 3.05) is 13.7 Å². The minimum Gasteiger partial charge on any atom is -0.493 e. The summed E-state index contributed by atoms with van der Waals surface area (Å²) in [6, 6.07) is 22.8. The van der Waals surface area contributed by atoms with Crippen molar-refractivity contribution in [3.63, 3.8) is 0 Å². The van der Waals surface area contributed by atoms with Crippen molar-refractivity contribution in [1.29, 1.82) is 0 Å². The average molecular weight is 600 g/mol. The van der Waals surface area contributed by atoms with Gasteiger partial charge in [-0.1, -0.05) is 48.5 Å². The van der Waals surface area contributed by atoms with Crippen LogP contribution in [0.1, 0.15) is 11.1 Å². The summed E-state index contributed by atoms with van der Waals surface area (Å²) in [7, 11) is 1.48. The second kappa shape index (κ2) is 11.4. The van der Waals surface area contributed by atoms with Gasteiger partial charge in [0.25, 0.3) is 5.91 Å². The number of ether oxygens (including phenoxy) is 2. The third-order valence-corrected chi connectivity index (χ3v) is 6.75. The number of hydrogen-bond donors (Lipinski definition) is 1. The first-order valence-corrected chi connectivity index (χ1v) is 12.5. The first-order valence-electron chi connectivity index (χ1n) is 10.6. The molecule has 0 bridgehead atoms. The molecule has 9 heteroatoms. The van der Waals surface area contributed by atoms with Crippen LogP contribution < -0.4 is 9.47 Å². The number of amidine groups is 1. The maximum Gasteiger partial charge on any atom is 0.341 e. The Labute approximate surface area is 220 Å². The summed E-state index contributed by atoms with van der Waals surface area (Å²) in [6.07, 6.45) is 1.78. The highest BCUT2D eigenvalue weighted by Gasteiger charge is 2.33. The molecule has 4 rings (SSSR count). The summed E-state index contributed by atoms with van der Waals surface area (Å²) < 4.78 is 11.5. The van der Waals surface area contributed by atoms with E-state index >= 15 is 0 Å². The van der Waals surface area contributed by atoms with E-state index < -0.39 is 12.6 Å². The number of nitrogens with zero attached hydrogens (tertiary/aromatic N) is 2. The predicted octanol–water partition coefficient (Wildman–Crippen LogP) is 5.57. The number of carboxylic acid groups (broad SMARTS) is 1. The van der Waals surface area contributed by atoms with Crippen molar-refractivity contribution >= 4 is 63.2 Å². The summed E-state index contributed by atoms with van der Waals surface area (Å²) in [5, 5.41) is 9.53. The molecule has 1 N–H and O–H groups in total. The van der Waals surface area contributed by atoms with Gasteiger partial charge in [0.05, 0.1) is 27.8 Å². The number of benzene rings is 3. The van der Waals surface area contributed by atoms with Crippen LogP contribution in [-0.2, 0) is 16.1 Å². The highest BCUT2D eigenvalue weighted by molar-refractivity contribution is 14.1. The van der Waals surface area contributed by atoms with Crippen molar-refractivity contribution < 1.29 is 24.2 Å². The molecule has 0 unspecified atom stereocenters. The molecule has 0 spiro atoms. The summed E-state index contributed by atoms with van der Waals surface area (Å²) in [4.78, 5) is 31.3. The lowest BCUT2D eigenvalue weighted by Crippen LogP contribution is -2.28. The zero-order valence-electron chi connectivity index (χ0n) is 18.7. The van der Waals surface area contributed by atoms with Gasteiger partial charge in [-0.25, -0.2) is 9.79 Å². The van der Waals surface area contributed by atoms with Crippen LogP contribution in [0.5, 0.6) is 11.5 Å². The number of carboxylic acids is 1. The Morgan fingerprint density at radius 3 is 2.46 bits per heavy atom. The van der Waals surface area contributed by atoms with E-state index in [9.17, 15) is 9.59 Å².